The molecule has 4 heterocycles. The number of halogens is 1. The van der Waals surface area contributed by atoms with Crippen LogP contribution in [0.2, 0.25) is 5.02 Å². The van der Waals surface area contributed by atoms with Crippen molar-refractivity contribution in [3.63, 3.8) is 0 Å². The zero-order valence-electron chi connectivity index (χ0n) is 19.1. The minimum Gasteiger partial charge on any atom is -0.383 e. The van der Waals surface area contributed by atoms with E-state index in [2.05, 4.69) is 20.6 Å². The minimum absolute atomic E-state index is 0.00320. The molecule has 0 amide bonds. The van der Waals surface area contributed by atoms with Gasteiger partial charge in [-0.3, -0.25) is 14.8 Å². The Bertz CT molecular complexity index is 930. The quantitative estimate of drug-likeness (QED) is 0.573. The van der Waals surface area contributed by atoms with Crippen molar-refractivity contribution < 1.29 is 14.3 Å². The summed E-state index contributed by atoms with van der Waals surface area (Å²) in [4.78, 5) is 26.3. The lowest BCUT2D eigenvalue weighted by molar-refractivity contribution is -0.123. The van der Waals surface area contributed by atoms with Crippen LogP contribution in [0.5, 0.6) is 0 Å². The van der Waals surface area contributed by atoms with Gasteiger partial charge in [-0.25, -0.2) is 4.98 Å². The topological polar surface area (TPSA) is 98.3 Å². The first kappa shape index (κ1) is 24.0. The van der Waals surface area contributed by atoms with E-state index >= 15 is 0 Å². The number of hydrogen-bond acceptors (Lipinski definition) is 8. The highest BCUT2D eigenvalue weighted by Gasteiger charge is 2.26. The Morgan fingerprint density at radius 2 is 2.09 bits per heavy atom. The molecule has 33 heavy (non-hydrogen) atoms. The second-order valence-corrected chi connectivity index (χ2v) is 9.27. The van der Waals surface area contributed by atoms with Crippen LogP contribution >= 0.6 is 11.6 Å². The van der Waals surface area contributed by atoms with E-state index in [0.29, 0.717) is 47.3 Å². The van der Waals surface area contributed by atoms with Crippen LogP contribution in [0, 0.1) is 11.8 Å². The number of nitrogens with one attached hydrogen (secondary N) is 2. The van der Waals surface area contributed by atoms with Gasteiger partial charge in [0.25, 0.3) is 0 Å². The largest absolute Gasteiger partial charge is 0.383 e. The number of methoxy groups -OCH3 is 1. The van der Waals surface area contributed by atoms with Crippen LogP contribution in [0.4, 0.5) is 5.82 Å². The Hall–Kier alpha value is -2.13. The van der Waals surface area contributed by atoms with E-state index in [0.717, 1.165) is 51.0 Å². The van der Waals surface area contributed by atoms with Gasteiger partial charge in [0.15, 0.2) is 0 Å². The van der Waals surface area contributed by atoms with E-state index in [1.807, 2.05) is 6.07 Å². The number of piperidine rings is 1. The van der Waals surface area contributed by atoms with Gasteiger partial charge in [-0.2, -0.15) is 0 Å². The molecule has 8 nitrogen and oxygen atoms in total. The zero-order chi connectivity index (χ0) is 23.0. The van der Waals surface area contributed by atoms with Gasteiger partial charge in [0, 0.05) is 69.2 Å². The van der Waals surface area contributed by atoms with Crippen molar-refractivity contribution in [3.05, 3.63) is 35.4 Å². The van der Waals surface area contributed by atoms with Crippen LogP contribution < -0.4 is 10.6 Å². The van der Waals surface area contributed by atoms with Gasteiger partial charge in [0.2, 0.25) is 0 Å². The summed E-state index contributed by atoms with van der Waals surface area (Å²) in [5, 5.41) is 7.28. The number of rotatable bonds is 9. The lowest BCUT2D eigenvalue weighted by Gasteiger charge is -2.28. The van der Waals surface area contributed by atoms with Crippen molar-refractivity contribution in [1.29, 1.82) is 0 Å². The molecule has 0 saturated carbocycles. The molecule has 2 saturated heterocycles. The third-order valence-electron chi connectivity index (χ3n) is 6.43. The molecular weight excluding hydrogens is 442 g/mol. The molecule has 2 aromatic rings. The number of ether oxygens (including phenoxy) is 2. The predicted molar refractivity (Wildman–Crippen MR) is 127 cm³/mol. The van der Waals surface area contributed by atoms with Gasteiger partial charge in [-0.15, -0.1) is 0 Å². The Balaban J connectivity index is 1.39. The van der Waals surface area contributed by atoms with Crippen LogP contribution in [-0.2, 0) is 20.7 Å². The maximum Gasteiger partial charge on any atom is 0.145 e. The van der Waals surface area contributed by atoms with Crippen LogP contribution in [0.15, 0.2) is 24.7 Å². The third kappa shape index (κ3) is 6.69. The molecule has 0 aromatic carbocycles. The van der Waals surface area contributed by atoms with Gasteiger partial charge in [0.05, 0.1) is 29.7 Å². The summed E-state index contributed by atoms with van der Waals surface area (Å²) in [6.07, 6.45) is 9.19. The van der Waals surface area contributed by atoms with Gasteiger partial charge in [-0.1, -0.05) is 11.6 Å². The normalized spacial score (nSPS) is 21.6. The minimum atomic E-state index is -0.00320. The SMILES string of the molecule is COC[C@H]1CC[C@H](C(=O)Cc2cc(-c3cncc(NCC4CCOCC4)n3)c(Cl)cn2)CN1. The van der Waals surface area contributed by atoms with E-state index in [9.17, 15) is 4.79 Å². The first-order valence-electron chi connectivity index (χ1n) is 11.7. The van der Waals surface area contributed by atoms with Crippen LogP contribution in [0.1, 0.15) is 31.4 Å². The average molecular weight is 474 g/mol. The summed E-state index contributed by atoms with van der Waals surface area (Å²) in [5.41, 5.74) is 2.09. The van der Waals surface area contributed by atoms with E-state index in [1.165, 1.54) is 0 Å². The molecular formula is C24H32ClN5O3. The summed E-state index contributed by atoms with van der Waals surface area (Å²) >= 11 is 6.44. The summed E-state index contributed by atoms with van der Waals surface area (Å²) in [6, 6.07) is 2.18. The second kappa shape index (κ2) is 11.8. The number of carbonyl (C=O) groups excluding carboxylic acids is 1. The van der Waals surface area contributed by atoms with Crippen molar-refractivity contribution in [1.82, 2.24) is 20.3 Å². The molecule has 2 aliphatic rings. The summed E-state index contributed by atoms with van der Waals surface area (Å²) in [6.45, 7) is 3.83. The monoisotopic (exact) mass is 473 g/mol. The van der Waals surface area contributed by atoms with Crippen molar-refractivity contribution in [2.45, 2.75) is 38.1 Å². The fourth-order valence-corrected chi connectivity index (χ4v) is 4.61. The Labute approximate surface area is 199 Å². The molecule has 0 bridgehead atoms. The molecule has 0 aliphatic carbocycles. The number of nitrogens with zero attached hydrogens (tertiary/aromatic N) is 3. The average Bonchev–Trinajstić information content (AvgIpc) is 2.85. The summed E-state index contributed by atoms with van der Waals surface area (Å²) < 4.78 is 10.6. The number of hydrogen-bond donors (Lipinski definition) is 2. The van der Waals surface area contributed by atoms with E-state index in [-0.39, 0.29) is 18.1 Å². The maximum atomic E-state index is 12.9. The Kier molecular flexibility index (Phi) is 8.61. The fraction of sp³-hybridized carbons (Fsp3) is 0.583. The highest BCUT2D eigenvalue weighted by Crippen LogP contribution is 2.28. The second-order valence-electron chi connectivity index (χ2n) is 8.86. The molecule has 2 aromatic heterocycles. The summed E-state index contributed by atoms with van der Waals surface area (Å²) in [5.74, 6) is 1.47. The lowest BCUT2D eigenvalue weighted by atomic mass is 9.89. The molecule has 4 rings (SSSR count). The fourth-order valence-electron chi connectivity index (χ4n) is 4.41. The van der Waals surface area contributed by atoms with E-state index in [4.69, 9.17) is 26.1 Å². The molecule has 9 heteroatoms. The molecule has 2 N–H and O–H groups in total. The lowest BCUT2D eigenvalue weighted by Crippen LogP contribution is -2.44. The first-order chi connectivity index (χ1) is 16.1. The van der Waals surface area contributed by atoms with Gasteiger partial charge < -0.3 is 20.1 Å². The smallest absolute Gasteiger partial charge is 0.145 e. The maximum absolute atomic E-state index is 12.9. The Morgan fingerprint density at radius 1 is 1.24 bits per heavy atom. The molecule has 0 spiro atoms. The van der Waals surface area contributed by atoms with Crippen LogP contribution in [0.3, 0.4) is 0 Å². The van der Waals surface area contributed by atoms with Crippen molar-refractivity contribution in [2.24, 2.45) is 11.8 Å². The van der Waals surface area contributed by atoms with Crippen molar-refractivity contribution in [2.75, 3.05) is 45.3 Å². The van der Waals surface area contributed by atoms with Crippen LogP contribution in [0.25, 0.3) is 11.3 Å². The predicted octanol–water partition coefficient (Wildman–Crippen LogP) is 3.16. The molecule has 0 unspecified atom stereocenters. The molecule has 2 aliphatic heterocycles. The van der Waals surface area contributed by atoms with E-state index < -0.39 is 0 Å². The summed E-state index contributed by atoms with van der Waals surface area (Å²) in [7, 11) is 1.70. The zero-order valence-corrected chi connectivity index (χ0v) is 19.8. The number of anilines is 1. The van der Waals surface area contributed by atoms with Gasteiger partial charge in [0.1, 0.15) is 11.6 Å². The van der Waals surface area contributed by atoms with Crippen LogP contribution in [-0.4, -0.2) is 66.8 Å². The third-order valence-corrected chi connectivity index (χ3v) is 6.73. The highest BCUT2D eigenvalue weighted by atomic mass is 35.5. The number of aromatic nitrogens is 3. The molecule has 2 fully saturated rings. The number of pyridine rings is 1. The van der Waals surface area contributed by atoms with Crippen molar-refractivity contribution >= 4 is 23.2 Å². The van der Waals surface area contributed by atoms with Gasteiger partial charge >= 0.3 is 0 Å². The molecule has 178 valence electrons. The van der Waals surface area contributed by atoms with Gasteiger partial charge in [-0.05, 0) is 37.7 Å². The first-order valence-corrected chi connectivity index (χ1v) is 12.0. The molecule has 2 atom stereocenters. The Morgan fingerprint density at radius 3 is 2.85 bits per heavy atom. The number of ketones is 1. The standard InChI is InChI=1S/C24H32ClN5O3/c1-32-15-18-3-2-17(11-27-18)23(31)9-19-8-20(21(25)12-28-19)22-13-26-14-24(30-22)29-10-16-4-6-33-7-5-16/h8,12-14,16-18,27H,2-7,9-11,15H2,1H3,(H,29,30)/t17-,18+/m0/s1. The highest BCUT2D eigenvalue weighted by molar-refractivity contribution is 6.33. The number of carbonyl (C=O) groups is 1. The number of Topliss-reactive ketones (excluding diaryl/α,β-unsaturated/α-hetero) is 1. The van der Waals surface area contributed by atoms with Crippen molar-refractivity contribution in [3.8, 4) is 11.3 Å². The molecule has 0 radical (unpaired) electrons. The van der Waals surface area contributed by atoms with E-state index in [1.54, 1.807) is 25.7 Å².